The molecule has 4 rings (SSSR count). The second-order valence-corrected chi connectivity index (χ2v) is 8.29. The molecule has 10 heteroatoms. The summed E-state index contributed by atoms with van der Waals surface area (Å²) in [5.74, 6) is 1.95. The number of para-hydroxylation sites is 1. The number of aromatic nitrogens is 3. The zero-order valence-electron chi connectivity index (χ0n) is 19.6. The van der Waals surface area contributed by atoms with E-state index in [0.717, 1.165) is 16.8 Å². The third-order valence-corrected chi connectivity index (χ3v) is 5.86. The summed E-state index contributed by atoms with van der Waals surface area (Å²) in [4.78, 5) is 12.7. The minimum atomic E-state index is -0.421. The lowest BCUT2D eigenvalue weighted by Crippen LogP contribution is -2.22. The van der Waals surface area contributed by atoms with Crippen molar-refractivity contribution >= 4 is 17.9 Å². The number of nitro groups is 1. The van der Waals surface area contributed by atoms with E-state index in [-0.39, 0.29) is 5.69 Å². The molecule has 180 valence electrons. The number of hydrogen-bond acceptors (Lipinski definition) is 7. The molecule has 0 aliphatic carbocycles. The van der Waals surface area contributed by atoms with Crippen molar-refractivity contribution < 1.29 is 14.4 Å². The molecule has 0 atom stereocenters. The van der Waals surface area contributed by atoms with Crippen molar-refractivity contribution in [3.05, 3.63) is 93.2 Å². The van der Waals surface area contributed by atoms with Crippen LogP contribution >= 0.6 is 12.2 Å². The van der Waals surface area contributed by atoms with Gasteiger partial charge in [0, 0.05) is 29.9 Å². The van der Waals surface area contributed by atoms with Gasteiger partial charge in [0.1, 0.15) is 0 Å². The van der Waals surface area contributed by atoms with Crippen molar-refractivity contribution in [1.82, 2.24) is 19.2 Å². The van der Waals surface area contributed by atoms with Crippen molar-refractivity contribution in [3.63, 3.8) is 0 Å². The molecule has 0 amide bonds. The quantitative estimate of drug-likeness (QED) is 0.183. The fourth-order valence-corrected chi connectivity index (χ4v) is 4.09. The van der Waals surface area contributed by atoms with E-state index in [1.807, 2.05) is 60.1 Å². The summed E-state index contributed by atoms with van der Waals surface area (Å²) in [6.07, 6.45) is 0. The molecule has 0 radical (unpaired) electrons. The molecule has 0 spiro atoms. The Morgan fingerprint density at radius 3 is 2.31 bits per heavy atom. The van der Waals surface area contributed by atoms with Crippen LogP contribution in [0.1, 0.15) is 5.56 Å². The molecule has 0 aliphatic rings. The summed E-state index contributed by atoms with van der Waals surface area (Å²) < 4.78 is 14.9. The molecule has 0 bridgehead atoms. The van der Waals surface area contributed by atoms with E-state index in [0.29, 0.717) is 35.3 Å². The number of methoxy groups -OCH3 is 2. The minimum absolute atomic E-state index is 0.0210. The van der Waals surface area contributed by atoms with E-state index in [4.69, 9.17) is 26.8 Å². The van der Waals surface area contributed by atoms with E-state index in [2.05, 4.69) is 4.90 Å². The number of rotatable bonds is 9. The second-order valence-electron chi connectivity index (χ2n) is 7.93. The largest absolute Gasteiger partial charge is 0.493 e. The van der Waals surface area contributed by atoms with Crippen LogP contribution in [0.25, 0.3) is 17.1 Å². The second kappa shape index (κ2) is 10.5. The Hall–Kier alpha value is -4.02. The molecule has 0 N–H and O–H groups in total. The van der Waals surface area contributed by atoms with Crippen molar-refractivity contribution in [2.45, 2.75) is 13.2 Å². The Kier molecular flexibility index (Phi) is 7.23. The van der Waals surface area contributed by atoms with Gasteiger partial charge in [-0.15, -0.1) is 5.10 Å². The Labute approximate surface area is 207 Å². The van der Waals surface area contributed by atoms with Crippen LogP contribution in [0.2, 0.25) is 0 Å². The molecular weight excluding hydrogens is 466 g/mol. The fraction of sp³-hybridized carbons (Fsp3) is 0.200. The van der Waals surface area contributed by atoms with Gasteiger partial charge in [0.05, 0.1) is 25.8 Å². The van der Waals surface area contributed by atoms with E-state index in [1.165, 1.54) is 12.1 Å². The number of ether oxygens (including phenoxy) is 2. The first kappa shape index (κ1) is 24.1. The lowest BCUT2D eigenvalue weighted by atomic mass is 10.2. The Balaban J connectivity index is 1.67. The van der Waals surface area contributed by atoms with Crippen LogP contribution in [-0.4, -0.2) is 45.4 Å². The van der Waals surface area contributed by atoms with Gasteiger partial charge in [-0.3, -0.25) is 19.6 Å². The first-order valence-electron chi connectivity index (χ1n) is 10.8. The predicted octanol–water partition coefficient (Wildman–Crippen LogP) is 5.09. The van der Waals surface area contributed by atoms with Gasteiger partial charge in [0.2, 0.25) is 4.77 Å². The minimum Gasteiger partial charge on any atom is -0.493 e. The highest BCUT2D eigenvalue weighted by Crippen LogP contribution is 2.28. The van der Waals surface area contributed by atoms with Gasteiger partial charge in [-0.05, 0) is 61.2 Å². The summed E-state index contributed by atoms with van der Waals surface area (Å²) in [5, 5.41) is 15.9. The van der Waals surface area contributed by atoms with Gasteiger partial charge in [0.15, 0.2) is 17.3 Å². The summed E-state index contributed by atoms with van der Waals surface area (Å²) in [5.41, 5.74) is 2.66. The van der Waals surface area contributed by atoms with Gasteiger partial charge in [-0.1, -0.05) is 24.3 Å². The molecule has 0 saturated carbocycles. The van der Waals surface area contributed by atoms with E-state index < -0.39 is 4.92 Å². The van der Waals surface area contributed by atoms with Gasteiger partial charge >= 0.3 is 0 Å². The van der Waals surface area contributed by atoms with Crippen LogP contribution in [0, 0.1) is 14.9 Å². The summed E-state index contributed by atoms with van der Waals surface area (Å²) in [6, 6.07) is 21.8. The zero-order valence-corrected chi connectivity index (χ0v) is 20.4. The molecule has 35 heavy (non-hydrogen) atoms. The standard InChI is InChI=1S/C25H25N5O4S/c1-27(16-18-9-14-22(33-2)23(15-18)34-3)17-28-25(35)29(20-7-5-4-6-8-20)24(26-28)19-10-12-21(13-11-19)30(31)32/h4-15H,16-17H2,1-3H3. The molecule has 0 aliphatic heterocycles. The molecule has 1 heterocycles. The SMILES string of the molecule is COc1ccc(CN(C)Cn2nc(-c3ccc([N+](=O)[O-])cc3)n(-c3ccccc3)c2=S)cc1OC. The monoisotopic (exact) mass is 491 g/mol. The third kappa shape index (κ3) is 5.23. The fourth-order valence-electron chi connectivity index (χ4n) is 3.80. The van der Waals surface area contributed by atoms with E-state index in [1.54, 1.807) is 31.0 Å². The summed E-state index contributed by atoms with van der Waals surface area (Å²) >= 11 is 5.81. The summed E-state index contributed by atoms with van der Waals surface area (Å²) in [6.45, 7) is 1.07. The first-order valence-corrected chi connectivity index (χ1v) is 11.2. The number of benzene rings is 3. The number of nitro benzene ring substituents is 1. The number of non-ortho nitro benzene ring substituents is 1. The Morgan fingerprint density at radius 2 is 1.69 bits per heavy atom. The maximum absolute atomic E-state index is 11.1. The van der Waals surface area contributed by atoms with Crippen molar-refractivity contribution in [2.75, 3.05) is 21.3 Å². The molecular formula is C25H25N5O4S. The van der Waals surface area contributed by atoms with Crippen LogP contribution in [0.5, 0.6) is 11.5 Å². The molecule has 0 saturated heterocycles. The van der Waals surface area contributed by atoms with Crippen molar-refractivity contribution in [2.24, 2.45) is 0 Å². The zero-order chi connectivity index (χ0) is 24.9. The number of hydrogen-bond donors (Lipinski definition) is 0. The lowest BCUT2D eigenvalue weighted by molar-refractivity contribution is -0.384. The number of nitrogens with zero attached hydrogens (tertiary/aromatic N) is 5. The third-order valence-electron chi connectivity index (χ3n) is 5.47. The smallest absolute Gasteiger partial charge is 0.269 e. The maximum Gasteiger partial charge on any atom is 0.269 e. The molecule has 0 unspecified atom stereocenters. The van der Waals surface area contributed by atoms with Crippen LogP contribution in [-0.2, 0) is 13.2 Å². The topological polar surface area (TPSA) is 87.6 Å². The predicted molar refractivity (Wildman–Crippen MR) is 135 cm³/mol. The van der Waals surface area contributed by atoms with Crippen LogP contribution in [0.3, 0.4) is 0 Å². The highest BCUT2D eigenvalue weighted by molar-refractivity contribution is 7.71. The van der Waals surface area contributed by atoms with Crippen LogP contribution in [0.15, 0.2) is 72.8 Å². The normalized spacial score (nSPS) is 11.0. The van der Waals surface area contributed by atoms with Crippen molar-refractivity contribution in [3.8, 4) is 28.6 Å². The summed E-state index contributed by atoms with van der Waals surface area (Å²) in [7, 11) is 5.20. The van der Waals surface area contributed by atoms with Crippen LogP contribution in [0.4, 0.5) is 5.69 Å². The van der Waals surface area contributed by atoms with E-state index >= 15 is 0 Å². The first-order chi connectivity index (χ1) is 16.9. The average Bonchev–Trinajstić information content (AvgIpc) is 3.19. The van der Waals surface area contributed by atoms with Crippen LogP contribution < -0.4 is 9.47 Å². The molecule has 9 nitrogen and oxygen atoms in total. The lowest BCUT2D eigenvalue weighted by Gasteiger charge is -2.17. The highest BCUT2D eigenvalue weighted by Gasteiger charge is 2.17. The van der Waals surface area contributed by atoms with Gasteiger partial charge in [0.25, 0.3) is 5.69 Å². The Morgan fingerprint density at radius 1 is 1.00 bits per heavy atom. The average molecular weight is 492 g/mol. The van der Waals surface area contributed by atoms with Gasteiger partial charge in [-0.2, -0.15) is 0 Å². The van der Waals surface area contributed by atoms with Gasteiger partial charge in [-0.25, -0.2) is 4.68 Å². The molecule has 4 aromatic rings. The Bertz CT molecular complexity index is 1380. The van der Waals surface area contributed by atoms with E-state index in [9.17, 15) is 10.1 Å². The molecule has 1 aromatic heterocycles. The molecule has 0 fully saturated rings. The highest BCUT2D eigenvalue weighted by atomic mass is 32.1. The maximum atomic E-state index is 11.1. The van der Waals surface area contributed by atoms with Crippen molar-refractivity contribution in [1.29, 1.82) is 0 Å². The molecule has 3 aromatic carbocycles. The van der Waals surface area contributed by atoms with Gasteiger partial charge < -0.3 is 9.47 Å².